The smallest absolute Gasteiger partial charge is 0.337 e. The molecule has 2 rings (SSSR count). The molecule has 0 radical (unpaired) electrons. The molecule has 102 valence electrons. The molecule has 0 atom stereocenters. The SMILES string of the molecule is O=C(CNc1ccccc1)Nc1ccccc1C(=O)O. The van der Waals surface area contributed by atoms with Crippen LogP contribution in [0, 0.1) is 0 Å². The number of para-hydroxylation sites is 2. The lowest BCUT2D eigenvalue weighted by Crippen LogP contribution is -2.22. The number of rotatable bonds is 5. The van der Waals surface area contributed by atoms with Crippen LogP contribution in [0.1, 0.15) is 10.4 Å². The summed E-state index contributed by atoms with van der Waals surface area (Å²) in [4.78, 5) is 22.8. The first-order valence-corrected chi connectivity index (χ1v) is 6.08. The van der Waals surface area contributed by atoms with Crippen LogP contribution in [0.5, 0.6) is 0 Å². The van der Waals surface area contributed by atoms with Crippen LogP contribution in [-0.2, 0) is 4.79 Å². The van der Waals surface area contributed by atoms with E-state index in [2.05, 4.69) is 10.6 Å². The van der Waals surface area contributed by atoms with Gasteiger partial charge in [-0.3, -0.25) is 4.79 Å². The molecule has 5 heteroatoms. The van der Waals surface area contributed by atoms with Gasteiger partial charge in [0.05, 0.1) is 17.8 Å². The molecule has 0 aliphatic heterocycles. The van der Waals surface area contributed by atoms with Gasteiger partial charge in [-0.2, -0.15) is 0 Å². The van der Waals surface area contributed by atoms with E-state index in [4.69, 9.17) is 5.11 Å². The van der Waals surface area contributed by atoms with E-state index >= 15 is 0 Å². The lowest BCUT2D eigenvalue weighted by atomic mass is 10.2. The van der Waals surface area contributed by atoms with Crippen LogP contribution in [0.15, 0.2) is 54.6 Å². The van der Waals surface area contributed by atoms with Crippen molar-refractivity contribution in [1.29, 1.82) is 0 Å². The summed E-state index contributed by atoms with van der Waals surface area (Å²) in [6.07, 6.45) is 0. The van der Waals surface area contributed by atoms with Gasteiger partial charge in [0.25, 0.3) is 0 Å². The topological polar surface area (TPSA) is 78.4 Å². The van der Waals surface area contributed by atoms with Crippen molar-refractivity contribution in [2.75, 3.05) is 17.2 Å². The Morgan fingerprint density at radius 1 is 0.950 bits per heavy atom. The molecule has 5 nitrogen and oxygen atoms in total. The molecule has 0 aromatic heterocycles. The average Bonchev–Trinajstić information content (AvgIpc) is 2.46. The van der Waals surface area contributed by atoms with Crippen molar-refractivity contribution in [3.63, 3.8) is 0 Å². The highest BCUT2D eigenvalue weighted by molar-refractivity contribution is 6.01. The van der Waals surface area contributed by atoms with E-state index < -0.39 is 5.97 Å². The van der Waals surface area contributed by atoms with Gasteiger partial charge in [0.2, 0.25) is 5.91 Å². The summed E-state index contributed by atoms with van der Waals surface area (Å²) >= 11 is 0. The van der Waals surface area contributed by atoms with Crippen molar-refractivity contribution in [2.24, 2.45) is 0 Å². The summed E-state index contributed by atoms with van der Waals surface area (Å²) in [5.41, 5.74) is 1.19. The van der Waals surface area contributed by atoms with E-state index in [-0.39, 0.29) is 18.0 Å². The Kier molecular flexibility index (Phi) is 4.34. The van der Waals surface area contributed by atoms with E-state index in [0.717, 1.165) is 5.69 Å². The van der Waals surface area contributed by atoms with Crippen molar-refractivity contribution < 1.29 is 14.7 Å². The maximum atomic E-state index is 11.8. The Hall–Kier alpha value is -2.82. The number of carbonyl (C=O) groups excluding carboxylic acids is 1. The Bertz CT molecular complexity index is 612. The lowest BCUT2D eigenvalue weighted by molar-refractivity contribution is -0.114. The minimum Gasteiger partial charge on any atom is -0.478 e. The van der Waals surface area contributed by atoms with Gasteiger partial charge >= 0.3 is 5.97 Å². The van der Waals surface area contributed by atoms with Crippen molar-refractivity contribution in [3.8, 4) is 0 Å². The molecule has 0 saturated heterocycles. The summed E-state index contributed by atoms with van der Waals surface area (Å²) in [6.45, 7) is 0.0674. The number of hydrogen-bond donors (Lipinski definition) is 3. The van der Waals surface area contributed by atoms with Crippen LogP contribution >= 0.6 is 0 Å². The number of carbonyl (C=O) groups is 2. The fraction of sp³-hybridized carbons (Fsp3) is 0.0667. The molecule has 0 aliphatic rings. The first-order valence-electron chi connectivity index (χ1n) is 6.08. The van der Waals surface area contributed by atoms with E-state index in [1.807, 2.05) is 30.3 Å². The van der Waals surface area contributed by atoms with Crippen molar-refractivity contribution >= 4 is 23.3 Å². The molecule has 0 bridgehead atoms. The first-order chi connectivity index (χ1) is 9.66. The van der Waals surface area contributed by atoms with Crippen LogP contribution in [0.25, 0.3) is 0 Å². The first kappa shape index (κ1) is 13.6. The number of hydrogen-bond acceptors (Lipinski definition) is 3. The third-order valence-corrected chi connectivity index (χ3v) is 2.66. The summed E-state index contributed by atoms with van der Waals surface area (Å²) in [5, 5.41) is 14.6. The standard InChI is InChI=1S/C15H14N2O3/c18-14(10-16-11-6-2-1-3-7-11)17-13-9-5-4-8-12(13)15(19)20/h1-9,16H,10H2,(H,17,18)(H,19,20). The van der Waals surface area contributed by atoms with Crippen molar-refractivity contribution in [2.45, 2.75) is 0 Å². The summed E-state index contributed by atoms with van der Waals surface area (Å²) in [6, 6.07) is 15.6. The Morgan fingerprint density at radius 2 is 1.60 bits per heavy atom. The van der Waals surface area contributed by atoms with E-state index in [0.29, 0.717) is 5.69 Å². The molecular formula is C15H14N2O3. The van der Waals surface area contributed by atoms with Gasteiger partial charge in [-0.1, -0.05) is 30.3 Å². The second kappa shape index (κ2) is 6.38. The van der Waals surface area contributed by atoms with Crippen LogP contribution in [0.3, 0.4) is 0 Å². The molecule has 0 aliphatic carbocycles. The Morgan fingerprint density at radius 3 is 2.30 bits per heavy atom. The molecule has 2 aromatic rings. The van der Waals surface area contributed by atoms with Crippen LogP contribution < -0.4 is 10.6 Å². The molecule has 0 spiro atoms. The molecule has 1 amide bonds. The quantitative estimate of drug-likeness (QED) is 0.779. The van der Waals surface area contributed by atoms with Gasteiger partial charge in [0, 0.05) is 5.69 Å². The molecule has 0 fully saturated rings. The number of benzene rings is 2. The average molecular weight is 270 g/mol. The highest BCUT2D eigenvalue weighted by Crippen LogP contribution is 2.14. The summed E-state index contributed by atoms with van der Waals surface area (Å²) < 4.78 is 0. The predicted molar refractivity (Wildman–Crippen MR) is 77.0 cm³/mol. The zero-order chi connectivity index (χ0) is 14.4. The van der Waals surface area contributed by atoms with Crippen LogP contribution in [0.2, 0.25) is 0 Å². The van der Waals surface area contributed by atoms with Gasteiger partial charge in [0.1, 0.15) is 0 Å². The molecular weight excluding hydrogens is 256 g/mol. The third kappa shape index (κ3) is 3.58. The van der Waals surface area contributed by atoms with Gasteiger partial charge in [-0.25, -0.2) is 4.79 Å². The second-order valence-electron chi connectivity index (χ2n) is 4.12. The fourth-order valence-electron chi connectivity index (χ4n) is 1.71. The zero-order valence-electron chi connectivity index (χ0n) is 10.7. The van der Waals surface area contributed by atoms with Crippen molar-refractivity contribution in [3.05, 3.63) is 60.2 Å². The molecule has 2 aromatic carbocycles. The lowest BCUT2D eigenvalue weighted by Gasteiger charge is -2.09. The predicted octanol–water partition coefficient (Wildman–Crippen LogP) is 2.44. The highest BCUT2D eigenvalue weighted by atomic mass is 16.4. The molecule has 0 heterocycles. The van der Waals surface area contributed by atoms with Gasteiger partial charge in [0.15, 0.2) is 0 Å². The summed E-state index contributed by atoms with van der Waals surface area (Å²) in [7, 11) is 0. The Balaban J connectivity index is 1.97. The molecule has 0 saturated carbocycles. The Labute approximate surface area is 116 Å². The summed E-state index contributed by atoms with van der Waals surface area (Å²) in [5.74, 6) is -1.38. The van der Waals surface area contributed by atoms with Gasteiger partial charge in [-0.15, -0.1) is 0 Å². The van der Waals surface area contributed by atoms with Gasteiger partial charge in [-0.05, 0) is 24.3 Å². The molecule has 0 unspecified atom stereocenters. The van der Waals surface area contributed by atoms with E-state index in [1.54, 1.807) is 18.2 Å². The molecule has 20 heavy (non-hydrogen) atoms. The number of carboxylic acid groups (broad SMARTS) is 1. The van der Waals surface area contributed by atoms with Crippen LogP contribution in [-0.4, -0.2) is 23.5 Å². The monoisotopic (exact) mass is 270 g/mol. The largest absolute Gasteiger partial charge is 0.478 e. The number of anilines is 2. The third-order valence-electron chi connectivity index (χ3n) is 2.66. The number of carboxylic acids is 1. The second-order valence-corrected chi connectivity index (χ2v) is 4.12. The number of amides is 1. The minimum atomic E-state index is -1.07. The van der Waals surface area contributed by atoms with E-state index in [1.165, 1.54) is 6.07 Å². The highest BCUT2D eigenvalue weighted by Gasteiger charge is 2.11. The maximum absolute atomic E-state index is 11.8. The van der Waals surface area contributed by atoms with Gasteiger partial charge < -0.3 is 15.7 Å². The minimum absolute atomic E-state index is 0.0674. The molecule has 3 N–H and O–H groups in total. The maximum Gasteiger partial charge on any atom is 0.337 e. The fourth-order valence-corrected chi connectivity index (χ4v) is 1.71. The number of nitrogens with one attached hydrogen (secondary N) is 2. The number of aromatic carboxylic acids is 1. The van der Waals surface area contributed by atoms with Crippen molar-refractivity contribution in [1.82, 2.24) is 0 Å². The van der Waals surface area contributed by atoms with E-state index in [9.17, 15) is 9.59 Å². The van der Waals surface area contributed by atoms with Crippen LogP contribution in [0.4, 0.5) is 11.4 Å². The normalized spacial score (nSPS) is 9.80. The zero-order valence-corrected chi connectivity index (χ0v) is 10.7.